The van der Waals surface area contributed by atoms with Gasteiger partial charge in [0.25, 0.3) is 11.7 Å². The lowest BCUT2D eigenvalue weighted by Crippen LogP contribution is -2.38. The summed E-state index contributed by atoms with van der Waals surface area (Å²) in [5.74, 6) is -1.34. The monoisotopic (exact) mass is 550 g/mol. The van der Waals surface area contributed by atoms with Gasteiger partial charge in [0.1, 0.15) is 12.4 Å². The molecule has 1 aliphatic heterocycles. The third-order valence-electron chi connectivity index (χ3n) is 5.65. The van der Waals surface area contributed by atoms with E-state index in [2.05, 4.69) is 26.1 Å². The van der Waals surface area contributed by atoms with Crippen molar-refractivity contribution < 1.29 is 32.2 Å². The number of halogens is 4. The Labute approximate surface area is 208 Å². The minimum atomic E-state index is -4.59. The lowest BCUT2D eigenvalue weighted by Gasteiger charge is -2.26. The zero-order valence-electron chi connectivity index (χ0n) is 18.5. The van der Waals surface area contributed by atoms with Crippen LogP contribution in [-0.4, -0.2) is 56.0 Å². The highest BCUT2D eigenvalue weighted by molar-refractivity contribution is 9.10. The first-order valence-corrected chi connectivity index (χ1v) is 11.7. The molecule has 1 fully saturated rings. The molecule has 0 saturated carbocycles. The molecule has 1 N–H and O–H groups in total. The zero-order valence-corrected chi connectivity index (χ0v) is 20.1. The second-order valence-corrected chi connectivity index (χ2v) is 8.79. The predicted octanol–water partition coefficient (Wildman–Crippen LogP) is 5.15. The number of benzene rings is 3. The summed E-state index contributed by atoms with van der Waals surface area (Å²) in [7, 11) is 0. The number of hydrogen-bond donors (Lipinski definition) is 1. The standard InChI is InChI=1S/C25H22BrF3N2O4/c26-20-7-5-16(25(27,28)29)15-21(20)30-24(33)23(32)19-6-8-22(18-4-2-1-3-17(18)19)35-14-11-31-9-12-34-13-10-31/h1-8,15H,9-14H2,(H,30,33). The van der Waals surface area contributed by atoms with E-state index in [1.54, 1.807) is 30.3 Å². The van der Waals surface area contributed by atoms with Gasteiger partial charge in [0.05, 0.1) is 24.5 Å². The van der Waals surface area contributed by atoms with E-state index in [-0.39, 0.29) is 15.7 Å². The maximum absolute atomic E-state index is 13.1. The molecule has 1 amide bonds. The van der Waals surface area contributed by atoms with Crippen molar-refractivity contribution in [1.82, 2.24) is 4.90 Å². The van der Waals surface area contributed by atoms with Gasteiger partial charge in [0.15, 0.2) is 0 Å². The smallest absolute Gasteiger partial charge is 0.416 e. The second-order valence-electron chi connectivity index (χ2n) is 7.93. The summed E-state index contributed by atoms with van der Waals surface area (Å²) in [6.07, 6.45) is -4.59. The summed E-state index contributed by atoms with van der Waals surface area (Å²) in [6.45, 7) is 4.25. The van der Waals surface area contributed by atoms with Crippen LogP contribution in [0.2, 0.25) is 0 Å². The molecular weight excluding hydrogens is 529 g/mol. The Hall–Kier alpha value is -2.95. The average Bonchev–Trinajstić information content (AvgIpc) is 2.85. The zero-order chi connectivity index (χ0) is 25.0. The number of Topliss-reactive ketones (excluding diaryl/α,β-unsaturated/α-hetero) is 1. The van der Waals surface area contributed by atoms with Gasteiger partial charge >= 0.3 is 6.18 Å². The molecule has 1 heterocycles. The Morgan fingerprint density at radius 2 is 1.74 bits per heavy atom. The van der Waals surface area contributed by atoms with Crippen LogP contribution >= 0.6 is 15.9 Å². The summed E-state index contributed by atoms with van der Waals surface area (Å²) >= 11 is 3.11. The van der Waals surface area contributed by atoms with E-state index in [1.807, 2.05) is 0 Å². The number of amides is 1. The third kappa shape index (κ3) is 6.01. The topological polar surface area (TPSA) is 67.9 Å². The largest absolute Gasteiger partial charge is 0.492 e. The van der Waals surface area contributed by atoms with Crippen molar-refractivity contribution in [3.63, 3.8) is 0 Å². The Kier molecular flexibility index (Phi) is 7.73. The van der Waals surface area contributed by atoms with Crippen LogP contribution in [0.15, 0.2) is 59.1 Å². The number of fused-ring (bicyclic) bond motifs is 1. The molecule has 0 atom stereocenters. The molecule has 3 aromatic rings. The van der Waals surface area contributed by atoms with Gasteiger partial charge in [0, 0.05) is 35.1 Å². The molecule has 0 bridgehead atoms. The van der Waals surface area contributed by atoms with Crippen LogP contribution in [0, 0.1) is 0 Å². The van der Waals surface area contributed by atoms with Crippen LogP contribution < -0.4 is 10.1 Å². The molecule has 3 aromatic carbocycles. The van der Waals surface area contributed by atoms with E-state index < -0.39 is 23.4 Å². The van der Waals surface area contributed by atoms with Gasteiger partial charge in [0.2, 0.25) is 0 Å². The van der Waals surface area contributed by atoms with Crippen molar-refractivity contribution in [3.05, 3.63) is 70.2 Å². The molecule has 6 nitrogen and oxygen atoms in total. The number of ketones is 1. The number of anilines is 1. The Bertz CT molecular complexity index is 1240. The first-order chi connectivity index (χ1) is 16.7. The Morgan fingerprint density at radius 3 is 2.46 bits per heavy atom. The molecule has 4 rings (SSSR count). The number of carbonyl (C=O) groups is 2. The predicted molar refractivity (Wildman–Crippen MR) is 129 cm³/mol. The summed E-state index contributed by atoms with van der Waals surface area (Å²) in [5.41, 5.74) is -0.959. The maximum atomic E-state index is 13.1. The molecule has 1 aliphatic rings. The molecule has 0 aliphatic carbocycles. The molecule has 0 unspecified atom stereocenters. The van der Waals surface area contributed by atoms with Gasteiger partial charge in [-0.15, -0.1) is 0 Å². The number of nitrogens with zero attached hydrogens (tertiary/aromatic N) is 1. The number of alkyl halides is 3. The molecule has 0 spiro atoms. The van der Waals surface area contributed by atoms with Crippen molar-refractivity contribution >= 4 is 44.1 Å². The van der Waals surface area contributed by atoms with Crippen molar-refractivity contribution in [2.75, 3.05) is 44.8 Å². The first kappa shape index (κ1) is 25.2. The van der Waals surface area contributed by atoms with Crippen LogP contribution in [0.4, 0.5) is 18.9 Å². The average molecular weight is 551 g/mol. The van der Waals surface area contributed by atoms with Gasteiger partial charge < -0.3 is 14.8 Å². The van der Waals surface area contributed by atoms with Gasteiger partial charge in [-0.25, -0.2) is 0 Å². The summed E-state index contributed by atoms with van der Waals surface area (Å²) < 4.78 is 50.7. The summed E-state index contributed by atoms with van der Waals surface area (Å²) in [6, 6.07) is 13.0. The fourth-order valence-electron chi connectivity index (χ4n) is 3.80. The number of hydrogen-bond acceptors (Lipinski definition) is 5. The fraction of sp³-hybridized carbons (Fsp3) is 0.280. The van der Waals surface area contributed by atoms with Crippen LogP contribution in [0.1, 0.15) is 15.9 Å². The maximum Gasteiger partial charge on any atom is 0.416 e. The van der Waals surface area contributed by atoms with E-state index >= 15 is 0 Å². The van der Waals surface area contributed by atoms with Gasteiger partial charge in [-0.05, 0) is 51.6 Å². The van der Waals surface area contributed by atoms with Crippen LogP contribution in [-0.2, 0) is 15.7 Å². The van der Waals surface area contributed by atoms with Crippen molar-refractivity contribution in [2.45, 2.75) is 6.18 Å². The fourth-order valence-corrected chi connectivity index (χ4v) is 4.15. The molecule has 1 saturated heterocycles. The number of nitrogens with one attached hydrogen (secondary N) is 1. The molecule has 0 radical (unpaired) electrons. The van der Waals surface area contributed by atoms with Gasteiger partial charge in [-0.1, -0.05) is 24.3 Å². The quantitative estimate of drug-likeness (QED) is 0.325. The van der Waals surface area contributed by atoms with Crippen molar-refractivity contribution in [2.24, 2.45) is 0 Å². The van der Waals surface area contributed by atoms with E-state index in [1.165, 1.54) is 12.1 Å². The SMILES string of the molecule is O=C(Nc1cc(C(F)(F)F)ccc1Br)C(=O)c1ccc(OCCN2CCOCC2)c2ccccc12. The van der Waals surface area contributed by atoms with E-state index in [9.17, 15) is 22.8 Å². The van der Waals surface area contributed by atoms with Crippen LogP contribution in [0.5, 0.6) is 5.75 Å². The molecule has 0 aromatic heterocycles. The number of ether oxygens (including phenoxy) is 2. The number of morpholine rings is 1. The van der Waals surface area contributed by atoms with E-state index in [0.29, 0.717) is 36.3 Å². The van der Waals surface area contributed by atoms with E-state index in [4.69, 9.17) is 9.47 Å². The van der Waals surface area contributed by atoms with Crippen molar-refractivity contribution in [1.29, 1.82) is 0 Å². The minimum absolute atomic E-state index is 0.127. The highest BCUT2D eigenvalue weighted by Gasteiger charge is 2.31. The highest BCUT2D eigenvalue weighted by Crippen LogP contribution is 2.34. The molecule has 184 valence electrons. The minimum Gasteiger partial charge on any atom is -0.492 e. The lowest BCUT2D eigenvalue weighted by molar-refractivity contribution is -0.137. The normalized spacial score (nSPS) is 14.6. The third-order valence-corrected chi connectivity index (χ3v) is 6.34. The van der Waals surface area contributed by atoms with Gasteiger partial charge in [-0.2, -0.15) is 13.2 Å². The second kappa shape index (κ2) is 10.8. The number of rotatable bonds is 7. The van der Waals surface area contributed by atoms with Crippen LogP contribution in [0.25, 0.3) is 10.8 Å². The molecule has 35 heavy (non-hydrogen) atoms. The molecule has 10 heteroatoms. The Morgan fingerprint density at radius 1 is 1.03 bits per heavy atom. The summed E-state index contributed by atoms with van der Waals surface area (Å²) in [4.78, 5) is 27.9. The lowest BCUT2D eigenvalue weighted by atomic mass is 10.00. The summed E-state index contributed by atoms with van der Waals surface area (Å²) in [5, 5.41) is 3.46. The van der Waals surface area contributed by atoms with E-state index in [0.717, 1.165) is 31.8 Å². The Balaban J connectivity index is 1.52. The molecular formula is C25H22BrF3N2O4. The van der Waals surface area contributed by atoms with Crippen molar-refractivity contribution in [3.8, 4) is 5.75 Å². The van der Waals surface area contributed by atoms with Gasteiger partial charge in [-0.3, -0.25) is 14.5 Å². The highest BCUT2D eigenvalue weighted by atomic mass is 79.9. The van der Waals surface area contributed by atoms with Crippen LogP contribution in [0.3, 0.4) is 0 Å². The number of carbonyl (C=O) groups excluding carboxylic acids is 2. The first-order valence-electron chi connectivity index (χ1n) is 10.9.